The Labute approximate surface area is 214 Å². The van der Waals surface area contributed by atoms with Gasteiger partial charge in [0.2, 0.25) is 28.6 Å². The van der Waals surface area contributed by atoms with Crippen molar-refractivity contribution in [2.75, 3.05) is 30.4 Å². The number of fused-ring (bicyclic) bond motifs is 1. The predicted octanol–water partition coefficient (Wildman–Crippen LogP) is 3.13. The molecule has 190 valence electrons. The second kappa shape index (κ2) is 11.3. The Balaban J connectivity index is 1.89. The number of nitrogens with one attached hydrogen (secondary N) is 1. The van der Waals surface area contributed by atoms with Crippen LogP contribution < -0.4 is 19.1 Å². The van der Waals surface area contributed by atoms with Crippen LogP contribution in [-0.2, 0) is 26.2 Å². The number of halogens is 1. The fourth-order valence-corrected chi connectivity index (χ4v) is 4.81. The Hall–Kier alpha value is -2.79. The van der Waals surface area contributed by atoms with Gasteiger partial charge in [0.25, 0.3) is 0 Å². The predicted molar refractivity (Wildman–Crippen MR) is 137 cm³/mol. The van der Waals surface area contributed by atoms with E-state index in [2.05, 4.69) is 21.2 Å². The van der Waals surface area contributed by atoms with E-state index in [1.165, 1.54) is 11.0 Å². The summed E-state index contributed by atoms with van der Waals surface area (Å²) in [5.74, 6) is 0.319. The van der Waals surface area contributed by atoms with Crippen molar-refractivity contribution in [2.24, 2.45) is 5.92 Å². The molecule has 2 aromatic carbocycles. The Morgan fingerprint density at radius 3 is 2.46 bits per heavy atom. The van der Waals surface area contributed by atoms with Crippen LogP contribution in [-0.4, -0.2) is 57.3 Å². The Bertz CT molecular complexity index is 1190. The number of carbonyl (C=O) groups is 2. The smallest absolute Gasteiger partial charge is 0.244 e. The van der Waals surface area contributed by atoms with Crippen molar-refractivity contribution in [3.63, 3.8) is 0 Å². The molecular weight excluding hydrogens is 538 g/mol. The summed E-state index contributed by atoms with van der Waals surface area (Å²) in [6, 6.07) is 11.2. The first-order valence-electron chi connectivity index (χ1n) is 11.1. The van der Waals surface area contributed by atoms with E-state index in [1.807, 2.05) is 38.1 Å². The third kappa shape index (κ3) is 7.11. The van der Waals surface area contributed by atoms with Gasteiger partial charge < -0.3 is 19.7 Å². The lowest BCUT2D eigenvalue weighted by atomic mass is 10.1. The minimum Gasteiger partial charge on any atom is -0.454 e. The van der Waals surface area contributed by atoms with Gasteiger partial charge in [-0.25, -0.2) is 8.42 Å². The third-order valence-electron chi connectivity index (χ3n) is 5.42. The number of hydrogen-bond donors (Lipinski definition) is 1. The van der Waals surface area contributed by atoms with E-state index < -0.39 is 28.5 Å². The van der Waals surface area contributed by atoms with Crippen molar-refractivity contribution >= 4 is 43.5 Å². The van der Waals surface area contributed by atoms with E-state index in [1.54, 1.807) is 19.1 Å². The van der Waals surface area contributed by atoms with Gasteiger partial charge in [-0.1, -0.05) is 41.9 Å². The number of benzene rings is 2. The van der Waals surface area contributed by atoms with Gasteiger partial charge in [-0.15, -0.1) is 0 Å². The zero-order valence-electron chi connectivity index (χ0n) is 20.2. The van der Waals surface area contributed by atoms with E-state index in [0.717, 1.165) is 20.6 Å². The van der Waals surface area contributed by atoms with Crippen LogP contribution in [0.3, 0.4) is 0 Å². The van der Waals surface area contributed by atoms with Gasteiger partial charge in [0, 0.05) is 23.6 Å². The highest BCUT2D eigenvalue weighted by atomic mass is 79.9. The number of rotatable bonds is 10. The molecule has 1 heterocycles. The average molecular weight is 568 g/mol. The number of ether oxygens (including phenoxy) is 2. The molecule has 0 saturated carbocycles. The molecule has 0 bridgehead atoms. The van der Waals surface area contributed by atoms with Crippen LogP contribution in [0.25, 0.3) is 0 Å². The average Bonchev–Trinajstić information content (AvgIpc) is 3.26. The molecule has 0 radical (unpaired) electrons. The van der Waals surface area contributed by atoms with Crippen molar-refractivity contribution in [2.45, 2.75) is 33.4 Å². The number of amides is 2. The molecule has 1 aliphatic heterocycles. The molecule has 0 spiro atoms. The molecule has 0 fully saturated rings. The molecular formula is C24H30BrN3O6S. The zero-order chi connectivity index (χ0) is 25.8. The molecule has 0 saturated heterocycles. The SMILES string of the molecule is CC(C)CNC(=O)C(C)N(Cc1cccc(Br)c1)C(=O)CN(c1ccc2c(c1)OCO2)S(C)(=O)=O. The van der Waals surface area contributed by atoms with Crippen LogP contribution in [0.5, 0.6) is 11.5 Å². The van der Waals surface area contributed by atoms with Crippen molar-refractivity contribution in [1.82, 2.24) is 10.2 Å². The second-order valence-corrected chi connectivity index (χ2v) is 11.6. The van der Waals surface area contributed by atoms with Crippen molar-refractivity contribution in [1.29, 1.82) is 0 Å². The molecule has 3 rings (SSSR count). The first-order valence-corrected chi connectivity index (χ1v) is 13.8. The molecule has 2 amide bonds. The molecule has 0 aromatic heterocycles. The van der Waals surface area contributed by atoms with Crippen molar-refractivity contribution in [3.8, 4) is 11.5 Å². The maximum absolute atomic E-state index is 13.6. The van der Waals surface area contributed by atoms with E-state index in [4.69, 9.17) is 9.47 Å². The summed E-state index contributed by atoms with van der Waals surface area (Å²) in [5.41, 5.74) is 1.06. The molecule has 0 aliphatic carbocycles. The molecule has 9 nitrogen and oxygen atoms in total. The minimum absolute atomic E-state index is 0.0417. The second-order valence-electron chi connectivity index (χ2n) is 8.77. The van der Waals surface area contributed by atoms with E-state index in [-0.39, 0.29) is 30.9 Å². The van der Waals surface area contributed by atoms with Crippen LogP contribution in [0.2, 0.25) is 0 Å². The summed E-state index contributed by atoms with van der Waals surface area (Å²) in [6.07, 6.45) is 1.03. The maximum Gasteiger partial charge on any atom is 0.244 e. The number of anilines is 1. The quantitative estimate of drug-likeness (QED) is 0.473. The van der Waals surface area contributed by atoms with Gasteiger partial charge in [0.1, 0.15) is 12.6 Å². The fourth-order valence-electron chi connectivity index (χ4n) is 3.52. The molecule has 1 unspecified atom stereocenters. The topological polar surface area (TPSA) is 105 Å². The molecule has 1 N–H and O–H groups in total. The lowest BCUT2D eigenvalue weighted by Gasteiger charge is -2.31. The largest absolute Gasteiger partial charge is 0.454 e. The van der Waals surface area contributed by atoms with Crippen LogP contribution in [0.1, 0.15) is 26.3 Å². The van der Waals surface area contributed by atoms with Gasteiger partial charge in [-0.05, 0) is 42.7 Å². The monoisotopic (exact) mass is 567 g/mol. The fraction of sp³-hybridized carbons (Fsp3) is 0.417. The zero-order valence-corrected chi connectivity index (χ0v) is 22.6. The first-order chi connectivity index (χ1) is 16.5. The van der Waals surface area contributed by atoms with E-state index >= 15 is 0 Å². The first kappa shape index (κ1) is 26.8. The number of sulfonamides is 1. The van der Waals surface area contributed by atoms with E-state index in [0.29, 0.717) is 18.0 Å². The third-order valence-corrected chi connectivity index (χ3v) is 7.05. The standard InChI is InChI=1S/C24H30BrN3O6S/c1-16(2)12-26-24(30)17(3)27(13-18-6-5-7-19(25)10-18)23(29)14-28(35(4,31)32)20-8-9-21-22(11-20)34-15-33-21/h5-11,16-17H,12-15H2,1-4H3,(H,26,30). The van der Waals surface area contributed by atoms with Crippen LogP contribution in [0, 0.1) is 5.92 Å². The molecule has 2 aromatic rings. The van der Waals surface area contributed by atoms with Gasteiger partial charge in [-0.2, -0.15) is 0 Å². The minimum atomic E-state index is -3.83. The van der Waals surface area contributed by atoms with Gasteiger partial charge in [0.05, 0.1) is 11.9 Å². The number of hydrogen-bond acceptors (Lipinski definition) is 6. The normalized spacial score (nSPS) is 13.4. The number of nitrogens with zero attached hydrogens (tertiary/aromatic N) is 2. The summed E-state index contributed by atoms with van der Waals surface area (Å²) in [4.78, 5) is 27.8. The highest BCUT2D eigenvalue weighted by Gasteiger charge is 2.30. The van der Waals surface area contributed by atoms with Crippen LogP contribution in [0.4, 0.5) is 5.69 Å². The molecule has 11 heteroatoms. The Morgan fingerprint density at radius 1 is 1.09 bits per heavy atom. The molecule has 1 atom stereocenters. The van der Waals surface area contributed by atoms with Crippen molar-refractivity contribution < 1.29 is 27.5 Å². The van der Waals surface area contributed by atoms with Gasteiger partial charge in [-0.3, -0.25) is 13.9 Å². The molecule has 35 heavy (non-hydrogen) atoms. The van der Waals surface area contributed by atoms with Crippen molar-refractivity contribution in [3.05, 3.63) is 52.5 Å². The summed E-state index contributed by atoms with van der Waals surface area (Å²) in [5, 5.41) is 2.85. The Kier molecular flexibility index (Phi) is 8.65. The summed E-state index contributed by atoms with van der Waals surface area (Å²) in [6.45, 7) is 5.75. The van der Waals surface area contributed by atoms with Gasteiger partial charge >= 0.3 is 0 Å². The Morgan fingerprint density at radius 2 is 1.80 bits per heavy atom. The lowest BCUT2D eigenvalue weighted by molar-refractivity contribution is -0.139. The molecule has 1 aliphatic rings. The van der Waals surface area contributed by atoms with Crippen LogP contribution in [0.15, 0.2) is 46.9 Å². The highest BCUT2D eigenvalue weighted by molar-refractivity contribution is 9.10. The van der Waals surface area contributed by atoms with Crippen LogP contribution >= 0.6 is 15.9 Å². The number of carbonyl (C=O) groups excluding carboxylic acids is 2. The summed E-state index contributed by atoms with van der Waals surface area (Å²) >= 11 is 3.42. The highest BCUT2D eigenvalue weighted by Crippen LogP contribution is 2.36. The van der Waals surface area contributed by atoms with E-state index in [9.17, 15) is 18.0 Å². The maximum atomic E-state index is 13.6. The summed E-state index contributed by atoms with van der Waals surface area (Å²) in [7, 11) is -3.83. The summed E-state index contributed by atoms with van der Waals surface area (Å²) < 4.78 is 37.8. The van der Waals surface area contributed by atoms with Gasteiger partial charge in [0.15, 0.2) is 11.5 Å². The lowest BCUT2D eigenvalue weighted by Crippen LogP contribution is -2.51.